The predicted molar refractivity (Wildman–Crippen MR) is 72.4 cm³/mol. The molecule has 0 aromatic heterocycles. The van der Waals surface area contributed by atoms with Gasteiger partial charge in [0.1, 0.15) is 0 Å². The number of likely N-dealkylation sites (N-methyl/N-ethyl adjacent to an activating group) is 1. The number of rotatable bonds is 5. The summed E-state index contributed by atoms with van der Waals surface area (Å²) in [6.07, 6.45) is 4.92. The van der Waals surface area contributed by atoms with Gasteiger partial charge in [-0.25, -0.2) is 5.06 Å². The molecule has 3 nitrogen and oxygen atoms in total. The minimum absolute atomic E-state index is 0.411. The first-order valence-electron chi connectivity index (χ1n) is 6.20. The number of benzene rings is 1. The number of hydroxylamine groups is 2. The second-order valence-corrected chi connectivity index (χ2v) is 4.88. The molecule has 0 aliphatic heterocycles. The molecule has 0 spiro atoms. The van der Waals surface area contributed by atoms with Crippen LogP contribution >= 0.6 is 0 Å². The summed E-state index contributed by atoms with van der Waals surface area (Å²) in [6, 6.07) is 8.41. The lowest BCUT2D eigenvalue weighted by Gasteiger charge is -2.05. The van der Waals surface area contributed by atoms with Crippen LogP contribution in [0.1, 0.15) is 25.0 Å². The molecule has 98 valence electrons. The second kappa shape index (κ2) is 6.97. The molecule has 0 radical (unpaired) electrons. The van der Waals surface area contributed by atoms with E-state index in [1.807, 2.05) is 0 Å². The van der Waals surface area contributed by atoms with Gasteiger partial charge in [0.15, 0.2) is 0 Å². The average molecular weight is 247 g/mol. The summed E-state index contributed by atoms with van der Waals surface area (Å²) >= 11 is 0. The Hall–Kier alpha value is -1.61. The van der Waals surface area contributed by atoms with Crippen LogP contribution in [0.2, 0.25) is 0 Å². The van der Waals surface area contributed by atoms with Crippen LogP contribution in [0.3, 0.4) is 0 Å². The molecule has 18 heavy (non-hydrogen) atoms. The third-order valence-corrected chi connectivity index (χ3v) is 2.60. The number of allylic oxidation sites excluding steroid dienone is 1. The fourth-order valence-corrected chi connectivity index (χ4v) is 1.69. The highest BCUT2D eigenvalue weighted by Gasteiger charge is 1.99. The van der Waals surface area contributed by atoms with E-state index in [2.05, 4.69) is 38.1 Å². The monoisotopic (exact) mass is 247 g/mol. The fraction of sp³-hybridized carbons (Fsp3) is 0.400. The van der Waals surface area contributed by atoms with Crippen LogP contribution in [-0.2, 0) is 17.6 Å². The number of amides is 1. The van der Waals surface area contributed by atoms with Gasteiger partial charge < -0.3 is 0 Å². The quantitative estimate of drug-likeness (QED) is 0.494. The van der Waals surface area contributed by atoms with Crippen LogP contribution in [-0.4, -0.2) is 23.2 Å². The predicted octanol–water partition coefficient (Wildman–Crippen LogP) is 2.83. The van der Waals surface area contributed by atoms with E-state index in [-0.39, 0.29) is 0 Å². The standard InChI is InChI=1S/C15H21NO2/c1-12(2)11-14-9-7-13(8-10-14)5-4-6-15(17)16(3)18/h4,6-10,12,18H,5,11H2,1-3H3. The summed E-state index contributed by atoms with van der Waals surface area (Å²) in [4.78, 5) is 11.1. The lowest BCUT2D eigenvalue weighted by Crippen LogP contribution is -2.19. The SMILES string of the molecule is CC(C)Cc1ccc(CC=CC(=O)N(C)O)cc1. The maximum atomic E-state index is 11.1. The Balaban J connectivity index is 2.51. The molecule has 1 aromatic rings. The van der Waals surface area contributed by atoms with Crippen LogP contribution in [0.4, 0.5) is 0 Å². The third kappa shape index (κ3) is 5.15. The van der Waals surface area contributed by atoms with E-state index in [0.29, 0.717) is 17.4 Å². The summed E-state index contributed by atoms with van der Waals surface area (Å²) in [7, 11) is 1.31. The topological polar surface area (TPSA) is 40.5 Å². The third-order valence-electron chi connectivity index (χ3n) is 2.60. The molecule has 1 amide bonds. The lowest BCUT2D eigenvalue weighted by molar-refractivity contribution is -0.153. The summed E-state index contributed by atoms with van der Waals surface area (Å²) in [5, 5.41) is 9.44. The van der Waals surface area contributed by atoms with E-state index >= 15 is 0 Å². The molecule has 3 heteroatoms. The first-order chi connectivity index (χ1) is 8.49. The Morgan fingerprint density at radius 1 is 1.28 bits per heavy atom. The lowest BCUT2D eigenvalue weighted by atomic mass is 10.0. The molecule has 0 saturated heterocycles. The van der Waals surface area contributed by atoms with Gasteiger partial charge in [-0.2, -0.15) is 0 Å². The van der Waals surface area contributed by atoms with Crippen LogP contribution in [0.25, 0.3) is 0 Å². The van der Waals surface area contributed by atoms with Gasteiger partial charge in [0, 0.05) is 13.1 Å². The van der Waals surface area contributed by atoms with Crippen molar-refractivity contribution < 1.29 is 10.0 Å². The summed E-state index contributed by atoms with van der Waals surface area (Å²) in [6.45, 7) is 4.40. The van der Waals surface area contributed by atoms with Crippen LogP contribution in [0.15, 0.2) is 36.4 Å². The molecule has 0 atom stereocenters. The molecule has 0 unspecified atom stereocenters. The Morgan fingerprint density at radius 2 is 1.83 bits per heavy atom. The van der Waals surface area contributed by atoms with Crippen molar-refractivity contribution in [2.45, 2.75) is 26.7 Å². The number of hydrogen-bond donors (Lipinski definition) is 1. The van der Waals surface area contributed by atoms with Crippen molar-refractivity contribution in [1.82, 2.24) is 5.06 Å². The van der Waals surface area contributed by atoms with Crippen molar-refractivity contribution in [3.05, 3.63) is 47.5 Å². The minimum Gasteiger partial charge on any atom is -0.286 e. The van der Waals surface area contributed by atoms with Gasteiger partial charge in [-0.05, 0) is 29.9 Å². The average Bonchev–Trinajstić information content (AvgIpc) is 2.30. The minimum atomic E-state index is -0.411. The normalized spacial score (nSPS) is 11.2. The maximum absolute atomic E-state index is 11.1. The van der Waals surface area contributed by atoms with Crippen molar-refractivity contribution in [3.63, 3.8) is 0 Å². The van der Waals surface area contributed by atoms with Gasteiger partial charge >= 0.3 is 0 Å². The molecule has 1 aromatic carbocycles. The molecular weight excluding hydrogens is 226 g/mol. The molecule has 0 aliphatic rings. The number of hydrogen-bond acceptors (Lipinski definition) is 2. The van der Waals surface area contributed by atoms with Crippen molar-refractivity contribution in [2.24, 2.45) is 5.92 Å². The molecule has 0 bridgehead atoms. The molecule has 0 saturated carbocycles. The molecular formula is C15H21NO2. The second-order valence-electron chi connectivity index (χ2n) is 4.88. The van der Waals surface area contributed by atoms with E-state index in [1.54, 1.807) is 6.08 Å². The van der Waals surface area contributed by atoms with Gasteiger partial charge in [0.05, 0.1) is 0 Å². The Bertz CT molecular complexity index is 405. The molecule has 0 heterocycles. The largest absolute Gasteiger partial charge is 0.286 e. The summed E-state index contributed by atoms with van der Waals surface area (Å²) in [5.74, 6) is 0.250. The Morgan fingerprint density at radius 3 is 2.33 bits per heavy atom. The highest BCUT2D eigenvalue weighted by Crippen LogP contribution is 2.10. The first kappa shape index (κ1) is 14.5. The van der Waals surface area contributed by atoms with E-state index < -0.39 is 5.91 Å². The van der Waals surface area contributed by atoms with Crippen LogP contribution < -0.4 is 0 Å². The van der Waals surface area contributed by atoms with E-state index in [9.17, 15) is 4.79 Å². The van der Waals surface area contributed by atoms with Gasteiger partial charge in [-0.1, -0.05) is 44.2 Å². The number of carbonyl (C=O) groups is 1. The molecule has 0 fully saturated rings. The van der Waals surface area contributed by atoms with Gasteiger partial charge in [0.25, 0.3) is 5.91 Å². The highest BCUT2D eigenvalue weighted by molar-refractivity contribution is 5.86. The van der Waals surface area contributed by atoms with Gasteiger partial charge in [0.2, 0.25) is 0 Å². The van der Waals surface area contributed by atoms with Crippen molar-refractivity contribution in [2.75, 3.05) is 7.05 Å². The summed E-state index contributed by atoms with van der Waals surface area (Å²) in [5.41, 5.74) is 2.50. The van der Waals surface area contributed by atoms with Gasteiger partial charge in [-0.3, -0.25) is 10.0 Å². The number of carbonyl (C=O) groups excluding carboxylic acids is 1. The molecule has 1 rings (SSSR count). The van der Waals surface area contributed by atoms with Crippen LogP contribution in [0.5, 0.6) is 0 Å². The zero-order valence-corrected chi connectivity index (χ0v) is 11.3. The zero-order valence-electron chi connectivity index (χ0n) is 11.3. The van der Waals surface area contributed by atoms with Crippen molar-refractivity contribution in [3.8, 4) is 0 Å². The smallest absolute Gasteiger partial charge is 0.269 e. The van der Waals surface area contributed by atoms with E-state index in [1.165, 1.54) is 18.7 Å². The fourth-order valence-electron chi connectivity index (χ4n) is 1.69. The van der Waals surface area contributed by atoms with Crippen molar-refractivity contribution in [1.29, 1.82) is 0 Å². The van der Waals surface area contributed by atoms with Crippen LogP contribution in [0, 0.1) is 5.92 Å². The Kier molecular flexibility index (Phi) is 5.59. The van der Waals surface area contributed by atoms with E-state index in [4.69, 9.17) is 5.21 Å². The Labute approximate surface area is 109 Å². The highest BCUT2D eigenvalue weighted by atomic mass is 16.5. The van der Waals surface area contributed by atoms with Crippen molar-refractivity contribution >= 4 is 5.91 Å². The number of nitrogens with zero attached hydrogens (tertiary/aromatic N) is 1. The maximum Gasteiger partial charge on any atom is 0.269 e. The van der Waals surface area contributed by atoms with Gasteiger partial charge in [-0.15, -0.1) is 0 Å². The first-order valence-corrected chi connectivity index (χ1v) is 6.20. The van der Waals surface area contributed by atoms with E-state index in [0.717, 1.165) is 12.0 Å². The zero-order chi connectivity index (χ0) is 13.5. The summed E-state index contributed by atoms with van der Waals surface area (Å²) < 4.78 is 0. The molecule has 1 N–H and O–H groups in total. The molecule has 0 aliphatic carbocycles.